The van der Waals surface area contributed by atoms with Crippen LogP contribution in [0.25, 0.3) is 0 Å². The van der Waals surface area contributed by atoms with Crippen molar-refractivity contribution in [3.63, 3.8) is 0 Å². The summed E-state index contributed by atoms with van der Waals surface area (Å²) in [7, 11) is 0. The first-order valence-corrected chi connectivity index (χ1v) is 10.0. The zero-order chi connectivity index (χ0) is 19.8. The zero-order valence-corrected chi connectivity index (χ0v) is 16.5. The van der Waals surface area contributed by atoms with E-state index >= 15 is 0 Å². The number of benzene rings is 2. The quantitative estimate of drug-likeness (QED) is 0.558. The molecule has 1 aliphatic heterocycles. The number of allylic oxidation sites excluding steroid dienone is 1. The van der Waals surface area contributed by atoms with Crippen LogP contribution >= 0.6 is 0 Å². The smallest absolute Gasteiger partial charge is 0.243 e. The molecule has 0 bridgehead atoms. The number of aryl methyl sites for hydroxylation is 1. The summed E-state index contributed by atoms with van der Waals surface area (Å²) in [6, 6.07) is 18.3. The van der Waals surface area contributed by atoms with Gasteiger partial charge in [0.15, 0.2) is 0 Å². The molecule has 2 amide bonds. The largest absolute Gasteiger partial charge is 0.353 e. The van der Waals surface area contributed by atoms with Crippen molar-refractivity contribution in [2.45, 2.75) is 39.0 Å². The van der Waals surface area contributed by atoms with E-state index in [9.17, 15) is 9.59 Å². The number of amides is 2. The Morgan fingerprint density at radius 1 is 1.04 bits per heavy atom. The van der Waals surface area contributed by atoms with Crippen LogP contribution in [-0.2, 0) is 22.4 Å². The van der Waals surface area contributed by atoms with Crippen LogP contribution in [0.4, 0.5) is 5.69 Å². The molecule has 0 aromatic heterocycles. The molecule has 0 spiro atoms. The Hall–Kier alpha value is -2.88. The van der Waals surface area contributed by atoms with Gasteiger partial charge in [-0.25, -0.2) is 0 Å². The van der Waals surface area contributed by atoms with Gasteiger partial charge in [0.05, 0.1) is 0 Å². The lowest BCUT2D eigenvalue weighted by atomic mass is 10.1. The maximum atomic E-state index is 12.5. The molecule has 1 heterocycles. The molecule has 0 aliphatic carbocycles. The van der Waals surface area contributed by atoms with Gasteiger partial charge in [0, 0.05) is 31.3 Å². The molecule has 1 aliphatic rings. The predicted molar refractivity (Wildman–Crippen MR) is 113 cm³/mol. The highest BCUT2D eigenvalue weighted by atomic mass is 16.2. The van der Waals surface area contributed by atoms with Crippen LogP contribution in [0.5, 0.6) is 0 Å². The lowest BCUT2D eigenvalue weighted by Crippen LogP contribution is -2.30. The van der Waals surface area contributed by atoms with Gasteiger partial charge in [0.25, 0.3) is 0 Å². The minimum Gasteiger partial charge on any atom is -0.353 e. The van der Waals surface area contributed by atoms with Crippen molar-refractivity contribution in [3.8, 4) is 0 Å². The Labute approximate surface area is 167 Å². The van der Waals surface area contributed by atoms with Crippen molar-refractivity contribution in [1.82, 2.24) is 5.32 Å². The summed E-state index contributed by atoms with van der Waals surface area (Å²) in [6.07, 6.45) is 5.49. The van der Waals surface area contributed by atoms with Crippen molar-refractivity contribution in [3.05, 3.63) is 77.4 Å². The first kappa shape index (κ1) is 19.9. The second-order valence-electron chi connectivity index (χ2n) is 7.29. The topological polar surface area (TPSA) is 49.4 Å². The fourth-order valence-electron chi connectivity index (χ4n) is 3.52. The molecule has 4 heteroatoms. The van der Waals surface area contributed by atoms with E-state index in [0.29, 0.717) is 19.4 Å². The number of anilines is 1. The Balaban J connectivity index is 1.35. The molecule has 4 nitrogen and oxygen atoms in total. The van der Waals surface area contributed by atoms with E-state index < -0.39 is 0 Å². The molecule has 0 saturated carbocycles. The molecule has 3 rings (SSSR count). The molecular formula is C24H28N2O2. The molecule has 2 aromatic rings. The van der Waals surface area contributed by atoms with Gasteiger partial charge in [0.2, 0.25) is 11.8 Å². The first-order chi connectivity index (χ1) is 13.6. The van der Waals surface area contributed by atoms with Gasteiger partial charge < -0.3 is 10.2 Å². The summed E-state index contributed by atoms with van der Waals surface area (Å²) < 4.78 is 0. The molecule has 1 N–H and O–H groups in total. The van der Waals surface area contributed by atoms with Gasteiger partial charge >= 0.3 is 0 Å². The maximum absolute atomic E-state index is 12.5. The van der Waals surface area contributed by atoms with E-state index in [-0.39, 0.29) is 11.8 Å². The van der Waals surface area contributed by atoms with Crippen molar-refractivity contribution in [2.24, 2.45) is 0 Å². The average molecular weight is 377 g/mol. The van der Waals surface area contributed by atoms with E-state index in [1.807, 2.05) is 48.2 Å². The standard InChI is InChI=1S/C24H28N2O2/c1-19(13-14-20-8-3-2-4-9-20)18-23(27)25-16-7-12-24(28)26-17-15-21-10-5-6-11-22(21)26/h2-6,8-11,18H,7,12-17H2,1H3,(H,25,27). The molecule has 0 fully saturated rings. The molecule has 2 aromatic carbocycles. The summed E-state index contributed by atoms with van der Waals surface area (Å²) >= 11 is 0. The fraction of sp³-hybridized carbons (Fsp3) is 0.333. The summed E-state index contributed by atoms with van der Waals surface area (Å²) in [5, 5.41) is 2.89. The summed E-state index contributed by atoms with van der Waals surface area (Å²) in [6.45, 7) is 3.26. The van der Waals surface area contributed by atoms with Crippen LogP contribution < -0.4 is 10.2 Å². The van der Waals surface area contributed by atoms with Crippen LogP contribution in [0.3, 0.4) is 0 Å². The van der Waals surface area contributed by atoms with E-state index in [4.69, 9.17) is 0 Å². The summed E-state index contributed by atoms with van der Waals surface area (Å²) in [5.74, 6) is 0.0540. The van der Waals surface area contributed by atoms with E-state index in [1.165, 1.54) is 11.1 Å². The van der Waals surface area contributed by atoms with Gasteiger partial charge in [0.1, 0.15) is 0 Å². The minimum absolute atomic E-state index is 0.0791. The molecule has 0 radical (unpaired) electrons. The van der Waals surface area contributed by atoms with E-state index in [0.717, 1.165) is 37.1 Å². The first-order valence-electron chi connectivity index (χ1n) is 10.0. The maximum Gasteiger partial charge on any atom is 0.243 e. The highest BCUT2D eigenvalue weighted by Crippen LogP contribution is 2.27. The fourth-order valence-corrected chi connectivity index (χ4v) is 3.52. The second kappa shape index (κ2) is 9.88. The Bertz CT molecular complexity index is 843. The molecule has 146 valence electrons. The molecular weight excluding hydrogens is 348 g/mol. The number of hydrogen-bond donors (Lipinski definition) is 1. The van der Waals surface area contributed by atoms with Crippen LogP contribution in [0.2, 0.25) is 0 Å². The molecule has 0 unspecified atom stereocenters. The Morgan fingerprint density at radius 3 is 2.61 bits per heavy atom. The third-order valence-electron chi connectivity index (χ3n) is 5.08. The number of rotatable bonds is 8. The van der Waals surface area contributed by atoms with Gasteiger partial charge in [-0.1, -0.05) is 54.1 Å². The third-order valence-corrected chi connectivity index (χ3v) is 5.08. The number of carbonyl (C=O) groups is 2. The van der Waals surface area contributed by atoms with Crippen LogP contribution in [0, 0.1) is 0 Å². The monoisotopic (exact) mass is 376 g/mol. The summed E-state index contributed by atoms with van der Waals surface area (Å²) in [4.78, 5) is 26.4. The van der Waals surface area contributed by atoms with Crippen LogP contribution in [-0.4, -0.2) is 24.9 Å². The number of para-hydroxylation sites is 1. The lowest BCUT2D eigenvalue weighted by molar-refractivity contribution is -0.119. The van der Waals surface area contributed by atoms with Gasteiger partial charge in [-0.3, -0.25) is 9.59 Å². The second-order valence-corrected chi connectivity index (χ2v) is 7.29. The van der Waals surface area contributed by atoms with Crippen LogP contribution in [0.15, 0.2) is 66.2 Å². The number of nitrogens with one attached hydrogen (secondary N) is 1. The number of carbonyl (C=O) groups excluding carboxylic acids is 2. The third kappa shape index (κ3) is 5.56. The van der Waals surface area contributed by atoms with Crippen molar-refractivity contribution >= 4 is 17.5 Å². The van der Waals surface area contributed by atoms with Crippen molar-refractivity contribution in [2.75, 3.05) is 18.0 Å². The number of nitrogens with zero attached hydrogens (tertiary/aromatic N) is 1. The van der Waals surface area contributed by atoms with Crippen molar-refractivity contribution in [1.29, 1.82) is 0 Å². The normalized spacial score (nSPS) is 13.3. The van der Waals surface area contributed by atoms with Gasteiger partial charge in [-0.2, -0.15) is 0 Å². The number of hydrogen-bond acceptors (Lipinski definition) is 2. The molecule has 28 heavy (non-hydrogen) atoms. The highest BCUT2D eigenvalue weighted by molar-refractivity contribution is 5.95. The summed E-state index contributed by atoms with van der Waals surface area (Å²) in [5.41, 5.74) is 4.61. The van der Waals surface area contributed by atoms with Crippen LogP contribution in [0.1, 0.15) is 37.3 Å². The number of fused-ring (bicyclic) bond motifs is 1. The van der Waals surface area contributed by atoms with Gasteiger partial charge in [-0.15, -0.1) is 0 Å². The Morgan fingerprint density at radius 2 is 1.79 bits per heavy atom. The lowest BCUT2D eigenvalue weighted by Gasteiger charge is -2.17. The zero-order valence-electron chi connectivity index (χ0n) is 16.5. The molecule has 0 atom stereocenters. The highest BCUT2D eigenvalue weighted by Gasteiger charge is 2.23. The average Bonchev–Trinajstić information content (AvgIpc) is 3.14. The van der Waals surface area contributed by atoms with Crippen molar-refractivity contribution < 1.29 is 9.59 Å². The Kier molecular flexibility index (Phi) is 7.01. The molecule has 0 saturated heterocycles. The van der Waals surface area contributed by atoms with E-state index in [2.05, 4.69) is 23.5 Å². The SMILES string of the molecule is CC(=CC(=O)NCCCC(=O)N1CCc2ccccc21)CCc1ccccc1. The van der Waals surface area contributed by atoms with Gasteiger partial charge in [-0.05, 0) is 49.8 Å². The minimum atomic E-state index is -0.0791. The van der Waals surface area contributed by atoms with E-state index in [1.54, 1.807) is 6.08 Å². The predicted octanol–water partition coefficient (Wildman–Crippen LogP) is 4.05.